The standard InChI is InChI=1S/C13H26N2O3/c1-8(16)7-14-5-6-15-13(17)12-9(2)10(3)18-11(12)4/h8-12,14,16H,5-7H2,1-4H3,(H,15,17). The van der Waals surface area contributed by atoms with Gasteiger partial charge in [0.2, 0.25) is 5.91 Å². The molecule has 0 aromatic carbocycles. The van der Waals surface area contributed by atoms with Gasteiger partial charge in [0.05, 0.1) is 24.2 Å². The van der Waals surface area contributed by atoms with Crippen LogP contribution < -0.4 is 10.6 Å². The average Bonchev–Trinajstić information content (AvgIpc) is 2.52. The van der Waals surface area contributed by atoms with Crippen LogP contribution in [0.4, 0.5) is 0 Å². The highest BCUT2D eigenvalue weighted by Crippen LogP contribution is 2.31. The first-order chi connectivity index (χ1) is 8.43. The van der Waals surface area contributed by atoms with Gasteiger partial charge in [-0.05, 0) is 26.7 Å². The number of aliphatic hydroxyl groups excluding tert-OH is 1. The van der Waals surface area contributed by atoms with Crippen LogP contribution in [0.15, 0.2) is 0 Å². The van der Waals surface area contributed by atoms with E-state index in [9.17, 15) is 4.79 Å². The lowest BCUT2D eigenvalue weighted by atomic mass is 9.89. The molecule has 1 aliphatic heterocycles. The lowest BCUT2D eigenvalue weighted by molar-refractivity contribution is -0.127. The van der Waals surface area contributed by atoms with Crippen molar-refractivity contribution in [1.82, 2.24) is 10.6 Å². The summed E-state index contributed by atoms with van der Waals surface area (Å²) in [4.78, 5) is 12.0. The Morgan fingerprint density at radius 1 is 1.28 bits per heavy atom. The molecule has 3 N–H and O–H groups in total. The molecule has 106 valence electrons. The Balaban J connectivity index is 2.24. The number of hydrogen-bond donors (Lipinski definition) is 3. The van der Waals surface area contributed by atoms with Gasteiger partial charge in [0.1, 0.15) is 0 Å². The molecular formula is C13H26N2O3. The van der Waals surface area contributed by atoms with Crippen molar-refractivity contribution in [3.8, 4) is 0 Å². The number of ether oxygens (including phenoxy) is 1. The summed E-state index contributed by atoms with van der Waals surface area (Å²) in [6.45, 7) is 9.55. The highest BCUT2D eigenvalue weighted by molar-refractivity contribution is 5.79. The van der Waals surface area contributed by atoms with Gasteiger partial charge >= 0.3 is 0 Å². The normalized spacial score (nSPS) is 33.4. The van der Waals surface area contributed by atoms with Crippen molar-refractivity contribution >= 4 is 5.91 Å². The van der Waals surface area contributed by atoms with E-state index >= 15 is 0 Å². The Labute approximate surface area is 109 Å². The minimum Gasteiger partial charge on any atom is -0.392 e. The summed E-state index contributed by atoms with van der Waals surface area (Å²) in [6, 6.07) is 0. The molecule has 1 heterocycles. The van der Waals surface area contributed by atoms with Crippen LogP contribution in [0.2, 0.25) is 0 Å². The van der Waals surface area contributed by atoms with Gasteiger partial charge in [-0.2, -0.15) is 0 Å². The second-order valence-corrected chi connectivity index (χ2v) is 5.28. The fraction of sp³-hybridized carbons (Fsp3) is 0.923. The summed E-state index contributed by atoms with van der Waals surface area (Å²) in [7, 11) is 0. The van der Waals surface area contributed by atoms with Gasteiger partial charge in [-0.25, -0.2) is 0 Å². The fourth-order valence-corrected chi connectivity index (χ4v) is 2.42. The molecule has 1 amide bonds. The average molecular weight is 258 g/mol. The molecule has 0 spiro atoms. The molecule has 5 unspecified atom stereocenters. The zero-order valence-corrected chi connectivity index (χ0v) is 11.8. The van der Waals surface area contributed by atoms with Crippen LogP contribution >= 0.6 is 0 Å². The smallest absolute Gasteiger partial charge is 0.226 e. The highest BCUT2D eigenvalue weighted by Gasteiger charge is 2.41. The molecule has 5 atom stereocenters. The van der Waals surface area contributed by atoms with Crippen LogP contribution in [-0.2, 0) is 9.53 Å². The molecule has 0 saturated carbocycles. The summed E-state index contributed by atoms with van der Waals surface area (Å²) in [5.74, 6) is 0.264. The van der Waals surface area contributed by atoms with Crippen molar-refractivity contribution in [3.63, 3.8) is 0 Å². The van der Waals surface area contributed by atoms with E-state index in [0.717, 1.165) is 0 Å². The fourth-order valence-electron chi connectivity index (χ4n) is 2.42. The van der Waals surface area contributed by atoms with Gasteiger partial charge in [-0.3, -0.25) is 4.79 Å². The number of carbonyl (C=O) groups is 1. The van der Waals surface area contributed by atoms with E-state index in [0.29, 0.717) is 19.6 Å². The van der Waals surface area contributed by atoms with Gasteiger partial charge in [-0.1, -0.05) is 6.92 Å². The molecule has 5 heteroatoms. The van der Waals surface area contributed by atoms with Gasteiger partial charge in [-0.15, -0.1) is 0 Å². The molecule has 1 aliphatic rings. The molecule has 0 aromatic rings. The van der Waals surface area contributed by atoms with Crippen LogP contribution in [0.25, 0.3) is 0 Å². The van der Waals surface area contributed by atoms with Crippen LogP contribution in [0.5, 0.6) is 0 Å². The van der Waals surface area contributed by atoms with Gasteiger partial charge in [0, 0.05) is 19.6 Å². The maximum atomic E-state index is 12.0. The topological polar surface area (TPSA) is 70.6 Å². The van der Waals surface area contributed by atoms with Gasteiger partial charge in [0.25, 0.3) is 0 Å². The van der Waals surface area contributed by atoms with E-state index in [4.69, 9.17) is 9.84 Å². The number of amides is 1. The molecule has 1 fully saturated rings. The second-order valence-electron chi connectivity index (χ2n) is 5.28. The summed E-state index contributed by atoms with van der Waals surface area (Å²) < 4.78 is 5.66. The summed E-state index contributed by atoms with van der Waals surface area (Å²) in [5.41, 5.74) is 0. The van der Waals surface area contributed by atoms with E-state index < -0.39 is 0 Å². The van der Waals surface area contributed by atoms with Crippen molar-refractivity contribution in [2.45, 2.75) is 46.0 Å². The van der Waals surface area contributed by atoms with Crippen LogP contribution in [0.3, 0.4) is 0 Å². The third kappa shape index (κ3) is 4.23. The molecule has 0 aliphatic carbocycles. The Hall–Kier alpha value is -0.650. The van der Waals surface area contributed by atoms with Crippen molar-refractivity contribution in [2.24, 2.45) is 11.8 Å². The molecule has 18 heavy (non-hydrogen) atoms. The third-order valence-corrected chi connectivity index (χ3v) is 3.59. The van der Waals surface area contributed by atoms with E-state index in [1.807, 2.05) is 13.8 Å². The number of nitrogens with one attached hydrogen (secondary N) is 2. The highest BCUT2D eigenvalue weighted by atomic mass is 16.5. The molecule has 0 aromatic heterocycles. The van der Waals surface area contributed by atoms with Crippen molar-refractivity contribution in [1.29, 1.82) is 0 Å². The Morgan fingerprint density at radius 2 is 1.94 bits per heavy atom. The first-order valence-corrected chi connectivity index (χ1v) is 6.75. The van der Waals surface area contributed by atoms with Crippen LogP contribution in [-0.4, -0.2) is 49.0 Å². The molecule has 5 nitrogen and oxygen atoms in total. The molecule has 1 rings (SSSR count). The maximum absolute atomic E-state index is 12.0. The second kappa shape index (κ2) is 7.07. The van der Waals surface area contributed by atoms with E-state index in [2.05, 4.69) is 17.6 Å². The first-order valence-electron chi connectivity index (χ1n) is 6.75. The Bertz CT molecular complexity index is 271. The number of aliphatic hydroxyl groups is 1. The van der Waals surface area contributed by atoms with Gasteiger partial charge < -0.3 is 20.5 Å². The SMILES string of the molecule is CC(O)CNCCNC(=O)C1C(C)OC(C)C1C. The number of carbonyl (C=O) groups excluding carboxylic acids is 1. The summed E-state index contributed by atoms with van der Waals surface area (Å²) in [6.07, 6.45) is -0.227. The summed E-state index contributed by atoms with van der Waals surface area (Å²) >= 11 is 0. The minimum atomic E-state index is -0.357. The quantitative estimate of drug-likeness (QED) is 0.592. The molecule has 0 radical (unpaired) electrons. The predicted octanol–water partition coefficient (Wildman–Crippen LogP) is 0.133. The lowest BCUT2D eigenvalue weighted by Crippen LogP contribution is -2.41. The third-order valence-electron chi connectivity index (χ3n) is 3.59. The molecule has 0 bridgehead atoms. The maximum Gasteiger partial charge on any atom is 0.226 e. The lowest BCUT2D eigenvalue weighted by Gasteiger charge is -2.18. The number of hydrogen-bond acceptors (Lipinski definition) is 4. The monoisotopic (exact) mass is 258 g/mol. The van der Waals surface area contributed by atoms with Crippen molar-refractivity contribution < 1.29 is 14.6 Å². The van der Waals surface area contributed by atoms with Crippen LogP contribution in [0.1, 0.15) is 27.7 Å². The Morgan fingerprint density at radius 3 is 2.44 bits per heavy atom. The molecule has 1 saturated heterocycles. The van der Waals surface area contributed by atoms with Crippen LogP contribution in [0, 0.1) is 11.8 Å². The van der Waals surface area contributed by atoms with Gasteiger partial charge in [0.15, 0.2) is 0 Å². The van der Waals surface area contributed by atoms with E-state index in [1.54, 1.807) is 6.92 Å². The zero-order valence-electron chi connectivity index (χ0n) is 11.8. The Kier molecular flexibility index (Phi) is 6.05. The first kappa shape index (κ1) is 15.4. The number of rotatable bonds is 6. The van der Waals surface area contributed by atoms with E-state index in [1.165, 1.54) is 0 Å². The van der Waals surface area contributed by atoms with Crippen molar-refractivity contribution in [3.05, 3.63) is 0 Å². The summed E-state index contributed by atoms with van der Waals surface area (Å²) in [5, 5.41) is 15.0. The minimum absolute atomic E-state index is 0.0135. The largest absolute Gasteiger partial charge is 0.392 e. The van der Waals surface area contributed by atoms with E-state index in [-0.39, 0.29) is 36.1 Å². The van der Waals surface area contributed by atoms with Crippen molar-refractivity contribution in [2.75, 3.05) is 19.6 Å². The zero-order chi connectivity index (χ0) is 13.7. The molecular weight excluding hydrogens is 232 g/mol. The predicted molar refractivity (Wildman–Crippen MR) is 70.2 cm³/mol.